The summed E-state index contributed by atoms with van der Waals surface area (Å²) in [7, 11) is 0. The van der Waals surface area contributed by atoms with Gasteiger partial charge in [0.1, 0.15) is 0 Å². The molecule has 2 heterocycles. The Kier molecular flexibility index (Phi) is 3.48. The minimum atomic E-state index is -0.559. The lowest BCUT2D eigenvalue weighted by atomic mass is 10.4. The summed E-state index contributed by atoms with van der Waals surface area (Å²) in [4.78, 5) is 11.2. The quantitative estimate of drug-likeness (QED) is 0.839. The molecule has 2 aromatic rings. The average Bonchev–Trinajstić information content (AvgIpc) is 2.69. The first-order chi connectivity index (χ1) is 8.15. The third-order valence-corrected chi connectivity index (χ3v) is 2.10. The van der Waals surface area contributed by atoms with E-state index in [1.807, 2.05) is 0 Å². The monoisotopic (exact) mass is 257 g/mol. The van der Waals surface area contributed by atoms with E-state index in [0.717, 1.165) is 6.20 Å². The summed E-state index contributed by atoms with van der Waals surface area (Å²) in [6.45, 7) is 2.14. The predicted octanol–water partition coefficient (Wildman–Crippen LogP) is 1.62. The number of rotatable bonds is 4. The van der Waals surface area contributed by atoms with Crippen molar-refractivity contribution in [3.63, 3.8) is 0 Å². The lowest BCUT2D eigenvalue weighted by Crippen LogP contribution is -2.08. The summed E-state index contributed by atoms with van der Waals surface area (Å²) < 4.78 is 18.1. The minimum Gasteiger partial charge on any atom is -0.367 e. The number of hydrogen-bond donors (Lipinski definition) is 1. The summed E-state index contributed by atoms with van der Waals surface area (Å²) >= 11 is 5.55. The van der Waals surface area contributed by atoms with Gasteiger partial charge in [-0.3, -0.25) is 0 Å². The van der Waals surface area contributed by atoms with Gasteiger partial charge in [-0.05, 0) is 18.5 Å². The Labute approximate surface area is 101 Å². The van der Waals surface area contributed by atoms with E-state index < -0.39 is 5.82 Å². The normalized spacial score (nSPS) is 10.5. The highest BCUT2D eigenvalue weighted by molar-refractivity contribution is 6.28. The summed E-state index contributed by atoms with van der Waals surface area (Å²) in [5, 5.41) is 6.40. The molecule has 0 radical (unpaired) electrons. The number of aromatic nitrogens is 4. The van der Waals surface area contributed by atoms with Crippen molar-refractivity contribution in [2.45, 2.75) is 13.3 Å². The van der Waals surface area contributed by atoms with E-state index in [9.17, 15) is 4.39 Å². The highest BCUT2D eigenvalue weighted by Gasteiger charge is 2.06. The molecule has 1 N–H and O–H groups in total. The molecule has 0 bridgehead atoms. The van der Waals surface area contributed by atoms with Crippen molar-refractivity contribution in [2.75, 3.05) is 11.9 Å². The lowest BCUT2D eigenvalue weighted by Gasteiger charge is -2.04. The van der Waals surface area contributed by atoms with Gasteiger partial charge in [-0.1, -0.05) is 5.16 Å². The second-order valence-corrected chi connectivity index (χ2v) is 3.59. The molecule has 0 aliphatic rings. The van der Waals surface area contributed by atoms with Gasteiger partial charge in [0.05, 0.1) is 6.20 Å². The van der Waals surface area contributed by atoms with Crippen LogP contribution in [-0.2, 0) is 6.42 Å². The van der Waals surface area contributed by atoms with Crippen molar-refractivity contribution in [2.24, 2.45) is 0 Å². The predicted molar refractivity (Wildman–Crippen MR) is 58.2 cm³/mol. The topological polar surface area (TPSA) is 76.7 Å². The van der Waals surface area contributed by atoms with E-state index in [1.165, 1.54) is 0 Å². The van der Waals surface area contributed by atoms with Crippen LogP contribution in [0.25, 0.3) is 0 Å². The van der Waals surface area contributed by atoms with Gasteiger partial charge in [-0.2, -0.15) is 9.97 Å². The lowest BCUT2D eigenvalue weighted by molar-refractivity contribution is 0.377. The van der Waals surface area contributed by atoms with E-state index in [4.69, 9.17) is 16.1 Å². The molecule has 0 aliphatic carbocycles. The molecule has 0 atom stereocenters. The molecule has 0 aromatic carbocycles. The molecule has 0 spiro atoms. The highest BCUT2D eigenvalue weighted by atomic mass is 35.5. The highest BCUT2D eigenvalue weighted by Crippen LogP contribution is 2.11. The summed E-state index contributed by atoms with van der Waals surface area (Å²) in [5.41, 5.74) is 0. The van der Waals surface area contributed by atoms with Crippen LogP contribution in [0.3, 0.4) is 0 Å². The maximum Gasteiger partial charge on any atom is 0.228 e. The zero-order valence-corrected chi connectivity index (χ0v) is 9.70. The van der Waals surface area contributed by atoms with Gasteiger partial charge in [0, 0.05) is 13.0 Å². The summed E-state index contributed by atoms with van der Waals surface area (Å²) in [6.07, 6.45) is 1.48. The Bertz CT molecular complexity index is 518. The van der Waals surface area contributed by atoms with Crippen LogP contribution in [0.15, 0.2) is 10.7 Å². The third-order valence-electron chi connectivity index (χ3n) is 1.92. The fraction of sp³-hybridized carbons (Fsp3) is 0.333. The fourth-order valence-electron chi connectivity index (χ4n) is 1.20. The van der Waals surface area contributed by atoms with Crippen molar-refractivity contribution in [1.29, 1.82) is 0 Å². The molecule has 90 valence electrons. The molecule has 0 saturated heterocycles. The second kappa shape index (κ2) is 5.05. The van der Waals surface area contributed by atoms with E-state index in [-0.39, 0.29) is 11.1 Å². The molecule has 0 saturated carbocycles. The minimum absolute atomic E-state index is 0.0115. The number of hydrogen-bond acceptors (Lipinski definition) is 6. The van der Waals surface area contributed by atoms with Crippen LogP contribution >= 0.6 is 11.6 Å². The number of halogens is 2. The molecule has 0 fully saturated rings. The molecular formula is C9H9ClFN5O. The summed E-state index contributed by atoms with van der Waals surface area (Å²) in [6, 6.07) is 0. The Hall–Kier alpha value is -1.76. The first-order valence-corrected chi connectivity index (χ1v) is 5.24. The van der Waals surface area contributed by atoms with Gasteiger partial charge in [-0.25, -0.2) is 9.37 Å². The van der Waals surface area contributed by atoms with Gasteiger partial charge in [0.2, 0.25) is 11.2 Å². The van der Waals surface area contributed by atoms with Crippen molar-refractivity contribution >= 4 is 17.4 Å². The summed E-state index contributed by atoms with van der Waals surface area (Å²) in [5.74, 6) is 0.546. The Morgan fingerprint density at radius 1 is 1.47 bits per heavy atom. The fourth-order valence-corrected chi connectivity index (χ4v) is 1.33. The molecule has 8 heteroatoms. The zero-order chi connectivity index (χ0) is 12.3. The largest absolute Gasteiger partial charge is 0.367 e. The maximum absolute atomic E-state index is 13.2. The Morgan fingerprint density at radius 3 is 3.00 bits per heavy atom. The molecule has 6 nitrogen and oxygen atoms in total. The number of aryl methyl sites for hydroxylation is 1. The number of anilines is 1. The molecule has 0 unspecified atom stereocenters. The van der Waals surface area contributed by atoms with Gasteiger partial charge >= 0.3 is 0 Å². The zero-order valence-electron chi connectivity index (χ0n) is 8.94. The Balaban J connectivity index is 1.91. The van der Waals surface area contributed by atoms with Crippen LogP contribution in [0.1, 0.15) is 11.7 Å². The van der Waals surface area contributed by atoms with Crippen LogP contribution in [0.5, 0.6) is 0 Å². The first kappa shape index (κ1) is 11.7. The molecule has 2 aromatic heterocycles. The van der Waals surface area contributed by atoms with Gasteiger partial charge in [0.25, 0.3) is 0 Å². The van der Waals surface area contributed by atoms with Gasteiger partial charge in [-0.15, -0.1) is 0 Å². The van der Waals surface area contributed by atoms with E-state index in [0.29, 0.717) is 24.7 Å². The first-order valence-electron chi connectivity index (χ1n) is 4.86. The van der Waals surface area contributed by atoms with Crippen molar-refractivity contribution in [3.05, 3.63) is 29.0 Å². The second-order valence-electron chi connectivity index (χ2n) is 3.25. The number of nitrogens with one attached hydrogen (secondary N) is 1. The molecule has 2 rings (SSSR count). The molecule has 0 aliphatic heterocycles. The number of nitrogens with zero attached hydrogens (tertiary/aromatic N) is 4. The van der Waals surface area contributed by atoms with Crippen LogP contribution < -0.4 is 5.32 Å². The maximum atomic E-state index is 13.2. The molecule has 17 heavy (non-hydrogen) atoms. The van der Waals surface area contributed by atoms with Crippen LogP contribution in [0.2, 0.25) is 5.28 Å². The van der Waals surface area contributed by atoms with E-state index in [2.05, 4.69) is 25.4 Å². The molecule has 0 amide bonds. The van der Waals surface area contributed by atoms with Crippen LogP contribution in [-0.4, -0.2) is 26.7 Å². The van der Waals surface area contributed by atoms with Gasteiger partial charge in [0.15, 0.2) is 17.5 Å². The van der Waals surface area contributed by atoms with E-state index >= 15 is 0 Å². The third kappa shape index (κ3) is 3.10. The Morgan fingerprint density at radius 2 is 2.29 bits per heavy atom. The van der Waals surface area contributed by atoms with E-state index in [1.54, 1.807) is 6.92 Å². The average molecular weight is 258 g/mol. The van der Waals surface area contributed by atoms with Gasteiger partial charge < -0.3 is 9.84 Å². The van der Waals surface area contributed by atoms with Crippen molar-refractivity contribution < 1.29 is 8.91 Å². The SMILES string of the molecule is Cc1noc(CCNc2nc(Cl)ncc2F)n1. The standard InChI is InChI=1S/C9H9ClFN5O/c1-5-14-7(17-16-5)2-3-12-8-6(11)4-13-9(10)15-8/h4H,2-3H2,1H3,(H,12,13,15). The van der Waals surface area contributed by atoms with Crippen LogP contribution in [0.4, 0.5) is 10.2 Å². The smallest absolute Gasteiger partial charge is 0.228 e. The van der Waals surface area contributed by atoms with Crippen LogP contribution in [0, 0.1) is 12.7 Å². The van der Waals surface area contributed by atoms with Crippen molar-refractivity contribution in [1.82, 2.24) is 20.1 Å². The molecular weight excluding hydrogens is 249 g/mol. The van der Waals surface area contributed by atoms with Crippen molar-refractivity contribution in [3.8, 4) is 0 Å².